The number of carbonyl (C=O) groups excluding carboxylic acids is 1. The van der Waals surface area contributed by atoms with E-state index in [1.54, 1.807) is 48.5 Å². The third-order valence-corrected chi connectivity index (χ3v) is 4.19. The van der Waals surface area contributed by atoms with Gasteiger partial charge in [-0.1, -0.05) is 18.2 Å². The summed E-state index contributed by atoms with van der Waals surface area (Å²) < 4.78 is 13.9. The molecule has 1 aromatic heterocycles. The number of benzene rings is 1. The highest BCUT2D eigenvalue weighted by molar-refractivity contribution is 5.95. The van der Waals surface area contributed by atoms with Gasteiger partial charge in [-0.05, 0) is 38.0 Å². The second-order valence-corrected chi connectivity index (χ2v) is 5.96. The number of hydrogen-bond acceptors (Lipinski definition) is 3. The number of nitrogens with one attached hydrogen (secondary N) is 1. The van der Waals surface area contributed by atoms with Crippen LogP contribution in [0.25, 0.3) is 0 Å². The number of aromatic nitrogens is 1. The van der Waals surface area contributed by atoms with Crippen molar-refractivity contribution in [3.63, 3.8) is 0 Å². The summed E-state index contributed by atoms with van der Waals surface area (Å²) in [5, 5.41) is 3.28. The van der Waals surface area contributed by atoms with Crippen molar-refractivity contribution in [1.29, 1.82) is 0 Å². The number of anilines is 1. The Balaban J connectivity index is 1.77. The van der Waals surface area contributed by atoms with Gasteiger partial charge in [0.2, 0.25) is 0 Å². The maximum Gasteiger partial charge on any atom is 0.254 e. The fourth-order valence-electron chi connectivity index (χ4n) is 2.48. The second kappa shape index (κ2) is 6.36. The molecule has 0 unspecified atom stereocenters. The van der Waals surface area contributed by atoms with E-state index < -0.39 is 0 Å². The molecule has 1 heterocycles. The molecule has 120 valence electrons. The Kier molecular flexibility index (Phi) is 4.28. The molecule has 1 amide bonds. The molecule has 3 rings (SSSR count). The molecule has 0 radical (unpaired) electrons. The average Bonchev–Trinajstić information content (AvgIpc) is 3.37. The molecule has 2 aromatic rings. The van der Waals surface area contributed by atoms with E-state index >= 15 is 0 Å². The van der Waals surface area contributed by atoms with Crippen molar-refractivity contribution >= 4 is 11.7 Å². The Morgan fingerprint density at radius 1 is 1.35 bits per heavy atom. The van der Waals surface area contributed by atoms with Crippen LogP contribution in [0, 0.1) is 5.82 Å². The standard InChI is InChI=1S/C18H20FN3O/c1-12(15-5-3-4-6-16(15)19)22(2)18(23)13-9-10-20-17(11-13)21-14-7-8-14/h3-6,9-12,14H,7-8H2,1-2H3,(H,20,21)/t12-/m0/s1. The number of halogens is 1. The molecule has 0 spiro atoms. The van der Waals surface area contributed by atoms with Crippen LogP contribution in [0.5, 0.6) is 0 Å². The van der Waals surface area contributed by atoms with Crippen molar-refractivity contribution in [2.75, 3.05) is 12.4 Å². The highest BCUT2D eigenvalue weighted by atomic mass is 19.1. The molecule has 1 fully saturated rings. The van der Waals surface area contributed by atoms with Gasteiger partial charge in [0.15, 0.2) is 0 Å². The maximum absolute atomic E-state index is 13.9. The van der Waals surface area contributed by atoms with Crippen molar-refractivity contribution in [3.8, 4) is 0 Å². The molecule has 1 saturated carbocycles. The van der Waals surface area contributed by atoms with Gasteiger partial charge < -0.3 is 10.2 Å². The highest BCUT2D eigenvalue weighted by Crippen LogP contribution is 2.26. The van der Waals surface area contributed by atoms with Crippen LogP contribution >= 0.6 is 0 Å². The molecule has 1 aromatic carbocycles. The molecule has 0 saturated heterocycles. The molecule has 1 aliphatic carbocycles. The molecular weight excluding hydrogens is 293 g/mol. The van der Waals surface area contributed by atoms with E-state index in [4.69, 9.17) is 0 Å². The third kappa shape index (κ3) is 3.50. The van der Waals surface area contributed by atoms with E-state index in [2.05, 4.69) is 10.3 Å². The molecule has 1 N–H and O–H groups in total. The van der Waals surface area contributed by atoms with Gasteiger partial charge >= 0.3 is 0 Å². The normalized spacial score (nSPS) is 15.1. The minimum atomic E-state index is -0.350. The number of carbonyl (C=O) groups is 1. The summed E-state index contributed by atoms with van der Waals surface area (Å²) in [5.41, 5.74) is 1.06. The van der Waals surface area contributed by atoms with Gasteiger partial charge in [0.05, 0.1) is 6.04 Å². The molecular formula is C18H20FN3O. The first kappa shape index (κ1) is 15.5. The van der Waals surface area contributed by atoms with Gasteiger partial charge in [0.1, 0.15) is 11.6 Å². The Labute approximate surface area is 135 Å². The Hall–Kier alpha value is -2.43. The zero-order valence-corrected chi connectivity index (χ0v) is 13.3. The Morgan fingerprint density at radius 3 is 2.78 bits per heavy atom. The molecule has 1 atom stereocenters. The van der Waals surface area contributed by atoms with Crippen LogP contribution < -0.4 is 5.32 Å². The topological polar surface area (TPSA) is 45.2 Å². The second-order valence-electron chi connectivity index (χ2n) is 5.96. The van der Waals surface area contributed by atoms with Gasteiger partial charge in [-0.3, -0.25) is 4.79 Å². The molecule has 1 aliphatic rings. The Morgan fingerprint density at radius 2 is 2.09 bits per heavy atom. The number of pyridine rings is 1. The fraction of sp³-hybridized carbons (Fsp3) is 0.333. The molecule has 5 heteroatoms. The van der Waals surface area contributed by atoms with Gasteiger partial charge in [0, 0.05) is 30.4 Å². The van der Waals surface area contributed by atoms with E-state index in [1.807, 2.05) is 6.92 Å². The van der Waals surface area contributed by atoms with E-state index in [-0.39, 0.29) is 17.8 Å². The fourth-order valence-corrected chi connectivity index (χ4v) is 2.48. The summed E-state index contributed by atoms with van der Waals surface area (Å²) in [4.78, 5) is 18.5. The number of amides is 1. The van der Waals surface area contributed by atoms with Crippen molar-refractivity contribution in [1.82, 2.24) is 9.88 Å². The van der Waals surface area contributed by atoms with Crippen LogP contribution in [0.3, 0.4) is 0 Å². The van der Waals surface area contributed by atoms with Crippen LogP contribution in [0.4, 0.5) is 10.2 Å². The van der Waals surface area contributed by atoms with Crippen molar-refractivity contribution < 1.29 is 9.18 Å². The van der Waals surface area contributed by atoms with E-state index in [1.165, 1.54) is 6.07 Å². The Bertz CT molecular complexity index is 715. The third-order valence-electron chi connectivity index (χ3n) is 4.19. The number of rotatable bonds is 5. The van der Waals surface area contributed by atoms with Crippen molar-refractivity contribution in [2.45, 2.75) is 31.8 Å². The number of hydrogen-bond donors (Lipinski definition) is 1. The predicted octanol–water partition coefficient (Wildman–Crippen LogP) is 3.63. The smallest absolute Gasteiger partial charge is 0.254 e. The highest BCUT2D eigenvalue weighted by Gasteiger charge is 2.23. The largest absolute Gasteiger partial charge is 0.367 e. The first-order valence-corrected chi connectivity index (χ1v) is 7.80. The lowest BCUT2D eigenvalue weighted by Gasteiger charge is -2.26. The lowest BCUT2D eigenvalue weighted by atomic mass is 10.1. The van der Waals surface area contributed by atoms with Gasteiger partial charge in [-0.25, -0.2) is 9.37 Å². The lowest BCUT2D eigenvalue weighted by Crippen LogP contribution is -2.30. The number of nitrogens with zero attached hydrogens (tertiary/aromatic N) is 2. The first-order chi connectivity index (χ1) is 11.1. The maximum atomic E-state index is 13.9. The van der Waals surface area contributed by atoms with Crippen LogP contribution in [0.2, 0.25) is 0 Å². The molecule has 4 nitrogen and oxygen atoms in total. The van der Waals surface area contributed by atoms with Gasteiger partial charge in [-0.15, -0.1) is 0 Å². The van der Waals surface area contributed by atoms with Crippen molar-refractivity contribution in [2.24, 2.45) is 0 Å². The zero-order chi connectivity index (χ0) is 16.4. The molecule has 23 heavy (non-hydrogen) atoms. The summed E-state index contributed by atoms with van der Waals surface area (Å²) in [6.07, 6.45) is 3.91. The van der Waals surface area contributed by atoms with Crippen LogP contribution in [0.1, 0.15) is 41.7 Å². The minimum Gasteiger partial charge on any atom is -0.367 e. The van der Waals surface area contributed by atoms with Gasteiger partial charge in [0.25, 0.3) is 5.91 Å². The molecule has 0 aliphatic heterocycles. The minimum absolute atomic E-state index is 0.151. The van der Waals surface area contributed by atoms with E-state index in [0.717, 1.165) is 12.8 Å². The van der Waals surface area contributed by atoms with Crippen LogP contribution in [-0.2, 0) is 0 Å². The monoisotopic (exact) mass is 313 g/mol. The van der Waals surface area contributed by atoms with E-state index in [0.29, 0.717) is 23.0 Å². The molecule has 0 bridgehead atoms. The lowest BCUT2D eigenvalue weighted by molar-refractivity contribution is 0.0740. The summed E-state index contributed by atoms with van der Waals surface area (Å²) in [6.45, 7) is 1.82. The van der Waals surface area contributed by atoms with Crippen LogP contribution in [-0.4, -0.2) is 28.9 Å². The van der Waals surface area contributed by atoms with Gasteiger partial charge in [-0.2, -0.15) is 0 Å². The SMILES string of the molecule is C[C@@H](c1ccccc1F)N(C)C(=O)c1ccnc(NC2CC2)c1. The average molecular weight is 313 g/mol. The zero-order valence-electron chi connectivity index (χ0n) is 13.3. The van der Waals surface area contributed by atoms with Crippen LogP contribution in [0.15, 0.2) is 42.6 Å². The predicted molar refractivity (Wildman–Crippen MR) is 87.8 cm³/mol. The van der Waals surface area contributed by atoms with Crippen molar-refractivity contribution in [3.05, 3.63) is 59.5 Å². The summed E-state index contributed by atoms with van der Waals surface area (Å²) >= 11 is 0. The summed E-state index contributed by atoms with van der Waals surface area (Å²) in [6, 6.07) is 10.1. The summed E-state index contributed by atoms with van der Waals surface area (Å²) in [7, 11) is 1.69. The quantitative estimate of drug-likeness (QED) is 0.917. The summed E-state index contributed by atoms with van der Waals surface area (Å²) in [5.74, 6) is 0.262. The first-order valence-electron chi connectivity index (χ1n) is 7.80. The van der Waals surface area contributed by atoms with E-state index in [9.17, 15) is 9.18 Å².